The van der Waals surface area contributed by atoms with E-state index in [1.807, 2.05) is 6.92 Å². The summed E-state index contributed by atoms with van der Waals surface area (Å²) in [5.74, 6) is 1.76. The van der Waals surface area contributed by atoms with Crippen molar-refractivity contribution in [2.24, 2.45) is 5.92 Å². The fourth-order valence-electron chi connectivity index (χ4n) is 2.88. The molecule has 1 unspecified atom stereocenters. The van der Waals surface area contributed by atoms with Crippen LogP contribution in [0.1, 0.15) is 55.8 Å². The molecule has 0 radical (unpaired) electrons. The van der Waals surface area contributed by atoms with Crippen molar-refractivity contribution in [1.82, 2.24) is 0 Å². The Kier molecular flexibility index (Phi) is 6.21. The van der Waals surface area contributed by atoms with Gasteiger partial charge in [0.05, 0.1) is 6.61 Å². The van der Waals surface area contributed by atoms with Crippen molar-refractivity contribution in [3.05, 3.63) is 28.2 Å². The number of benzene rings is 1. The van der Waals surface area contributed by atoms with Gasteiger partial charge in [0, 0.05) is 14.9 Å². The molecule has 0 amide bonds. The highest BCUT2D eigenvalue weighted by atomic mass is 79.9. The summed E-state index contributed by atoms with van der Waals surface area (Å²) in [6.07, 6.45) is 8.18. The largest absolute Gasteiger partial charge is 0.494 e. The van der Waals surface area contributed by atoms with Crippen LogP contribution in [-0.4, -0.2) is 6.61 Å². The summed E-state index contributed by atoms with van der Waals surface area (Å²) >= 11 is 7.52. The van der Waals surface area contributed by atoms with Gasteiger partial charge < -0.3 is 4.74 Å². The molecule has 1 fully saturated rings. The first-order chi connectivity index (χ1) is 9.22. The lowest BCUT2D eigenvalue weighted by molar-refractivity contribution is 0.332. The van der Waals surface area contributed by atoms with E-state index >= 15 is 0 Å². The van der Waals surface area contributed by atoms with Crippen molar-refractivity contribution in [2.45, 2.75) is 50.3 Å². The number of rotatable bonds is 4. The van der Waals surface area contributed by atoms with E-state index < -0.39 is 0 Å². The summed E-state index contributed by atoms with van der Waals surface area (Å²) < 4.78 is 6.91. The van der Waals surface area contributed by atoms with Gasteiger partial charge in [-0.05, 0) is 43.9 Å². The highest BCUT2D eigenvalue weighted by Crippen LogP contribution is 2.43. The fourth-order valence-corrected chi connectivity index (χ4v) is 4.14. The Morgan fingerprint density at radius 1 is 1.21 bits per heavy atom. The van der Waals surface area contributed by atoms with Gasteiger partial charge in [0.25, 0.3) is 0 Å². The molecule has 0 saturated heterocycles. The van der Waals surface area contributed by atoms with Crippen molar-refractivity contribution in [2.75, 3.05) is 6.61 Å². The Bertz CT molecular complexity index is 398. The number of alkyl halides is 1. The van der Waals surface area contributed by atoms with E-state index in [2.05, 4.69) is 50.1 Å². The number of halogens is 2. The number of hydrogen-bond donors (Lipinski definition) is 0. The van der Waals surface area contributed by atoms with Crippen LogP contribution in [0.3, 0.4) is 0 Å². The molecule has 1 saturated carbocycles. The molecule has 0 N–H and O–H groups in total. The lowest BCUT2D eigenvalue weighted by atomic mass is 9.92. The Balaban J connectivity index is 2.20. The van der Waals surface area contributed by atoms with Crippen LogP contribution in [0.15, 0.2) is 22.7 Å². The van der Waals surface area contributed by atoms with Gasteiger partial charge in [-0.1, -0.05) is 57.5 Å². The number of ether oxygens (including phenoxy) is 1. The van der Waals surface area contributed by atoms with Crippen molar-refractivity contribution >= 4 is 31.9 Å². The quantitative estimate of drug-likeness (QED) is 0.436. The van der Waals surface area contributed by atoms with Crippen LogP contribution < -0.4 is 4.74 Å². The van der Waals surface area contributed by atoms with Crippen LogP contribution in [-0.2, 0) is 0 Å². The van der Waals surface area contributed by atoms with Gasteiger partial charge in [0.1, 0.15) is 5.75 Å². The Labute approximate surface area is 133 Å². The van der Waals surface area contributed by atoms with Gasteiger partial charge in [-0.25, -0.2) is 0 Å². The molecule has 0 aliphatic heterocycles. The Hall–Kier alpha value is -0.0200. The van der Waals surface area contributed by atoms with Gasteiger partial charge in [-0.2, -0.15) is 0 Å². The molecular weight excluding hydrogens is 368 g/mol. The molecule has 3 heteroatoms. The molecular formula is C16H22Br2O. The van der Waals surface area contributed by atoms with Crippen LogP contribution in [0.25, 0.3) is 0 Å². The van der Waals surface area contributed by atoms with E-state index in [0.717, 1.165) is 22.7 Å². The molecule has 0 spiro atoms. The van der Waals surface area contributed by atoms with E-state index in [9.17, 15) is 0 Å². The molecule has 1 aromatic rings. The van der Waals surface area contributed by atoms with E-state index in [1.54, 1.807) is 0 Å². The van der Waals surface area contributed by atoms with Crippen LogP contribution in [0, 0.1) is 5.92 Å². The first-order valence-electron chi connectivity index (χ1n) is 7.28. The van der Waals surface area contributed by atoms with E-state index in [-0.39, 0.29) is 0 Å². The zero-order valence-corrected chi connectivity index (χ0v) is 14.7. The fraction of sp³-hybridized carbons (Fsp3) is 0.625. The highest BCUT2D eigenvalue weighted by Gasteiger charge is 2.24. The summed E-state index contributed by atoms with van der Waals surface area (Å²) in [5, 5.41) is 0. The van der Waals surface area contributed by atoms with E-state index in [0.29, 0.717) is 4.83 Å². The standard InChI is InChI=1S/C16H22Br2O/c1-2-19-15-10-9-13(17)11-14(15)16(18)12-7-5-3-4-6-8-12/h9-12,16H,2-8H2,1H3. The van der Waals surface area contributed by atoms with Crippen molar-refractivity contribution in [3.8, 4) is 5.75 Å². The third kappa shape index (κ3) is 4.22. The summed E-state index contributed by atoms with van der Waals surface area (Å²) in [5.41, 5.74) is 1.29. The van der Waals surface area contributed by atoms with Gasteiger partial charge in [-0.3, -0.25) is 0 Å². The molecule has 1 aliphatic carbocycles. The van der Waals surface area contributed by atoms with Gasteiger partial charge in [0.2, 0.25) is 0 Å². The first-order valence-corrected chi connectivity index (χ1v) is 8.99. The minimum absolute atomic E-state index is 0.407. The van der Waals surface area contributed by atoms with Gasteiger partial charge in [0.15, 0.2) is 0 Å². The first kappa shape index (κ1) is 15.4. The summed E-state index contributed by atoms with van der Waals surface area (Å²) in [6, 6.07) is 6.34. The van der Waals surface area contributed by atoms with Gasteiger partial charge in [-0.15, -0.1) is 0 Å². The molecule has 0 aromatic heterocycles. The molecule has 0 bridgehead atoms. The maximum Gasteiger partial charge on any atom is 0.123 e. The second-order valence-corrected chi connectivity index (χ2v) is 7.17. The molecule has 0 heterocycles. The van der Waals surface area contributed by atoms with Crippen molar-refractivity contribution in [3.63, 3.8) is 0 Å². The zero-order chi connectivity index (χ0) is 13.7. The third-order valence-electron chi connectivity index (χ3n) is 3.88. The van der Waals surface area contributed by atoms with Crippen LogP contribution in [0.2, 0.25) is 0 Å². The lowest BCUT2D eigenvalue weighted by Crippen LogP contribution is -2.09. The normalized spacial score (nSPS) is 18.9. The molecule has 19 heavy (non-hydrogen) atoms. The van der Waals surface area contributed by atoms with Gasteiger partial charge >= 0.3 is 0 Å². The summed E-state index contributed by atoms with van der Waals surface area (Å²) in [7, 11) is 0. The maximum absolute atomic E-state index is 5.78. The monoisotopic (exact) mass is 388 g/mol. The van der Waals surface area contributed by atoms with Crippen LogP contribution >= 0.6 is 31.9 Å². The Morgan fingerprint density at radius 2 is 1.89 bits per heavy atom. The third-order valence-corrected chi connectivity index (χ3v) is 5.62. The second-order valence-electron chi connectivity index (χ2n) is 5.27. The van der Waals surface area contributed by atoms with Crippen LogP contribution in [0.5, 0.6) is 5.75 Å². The molecule has 1 nitrogen and oxygen atoms in total. The molecule has 2 rings (SSSR count). The predicted octanol–water partition coefficient (Wildman–Crippen LogP) is 6.25. The predicted molar refractivity (Wildman–Crippen MR) is 88.2 cm³/mol. The summed E-state index contributed by atoms with van der Waals surface area (Å²) in [4.78, 5) is 0.407. The average Bonchev–Trinajstić information content (AvgIpc) is 2.69. The SMILES string of the molecule is CCOc1ccc(Br)cc1C(Br)C1CCCCCC1. The smallest absolute Gasteiger partial charge is 0.123 e. The molecule has 1 atom stereocenters. The second kappa shape index (κ2) is 7.68. The van der Waals surface area contributed by atoms with Crippen molar-refractivity contribution in [1.29, 1.82) is 0 Å². The minimum atomic E-state index is 0.407. The number of hydrogen-bond acceptors (Lipinski definition) is 1. The summed E-state index contributed by atoms with van der Waals surface area (Å²) in [6.45, 7) is 2.76. The molecule has 1 aromatic carbocycles. The maximum atomic E-state index is 5.78. The Morgan fingerprint density at radius 3 is 2.53 bits per heavy atom. The highest BCUT2D eigenvalue weighted by molar-refractivity contribution is 9.10. The zero-order valence-electron chi connectivity index (χ0n) is 11.5. The van der Waals surface area contributed by atoms with E-state index in [4.69, 9.17) is 4.74 Å². The molecule has 1 aliphatic rings. The topological polar surface area (TPSA) is 9.23 Å². The average molecular weight is 390 g/mol. The minimum Gasteiger partial charge on any atom is -0.494 e. The lowest BCUT2D eigenvalue weighted by Gasteiger charge is -2.23. The van der Waals surface area contributed by atoms with E-state index in [1.165, 1.54) is 44.1 Å². The van der Waals surface area contributed by atoms with Crippen LogP contribution in [0.4, 0.5) is 0 Å². The van der Waals surface area contributed by atoms with Crippen molar-refractivity contribution < 1.29 is 4.74 Å². The molecule has 106 valence electrons.